The normalized spacial score (nSPS) is 10.9. The molecule has 2 rings (SSSR count). The minimum absolute atomic E-state index is 0.854. The van der Waals surface area contributed by atoms with Gasteiger partial charge < -0.3 is 5.32 Å². The topological polar surface area (TPSA) is 29.9 Å². The molecule has 1 aromatic heterocycles. The van der Waals surface area contributed by atoms with Crippen molar-refractivity contribution in [2.75, 3.05) is 6.54 Å². The van der Waals surface area contributed by atoms with Crippen LogP contribution in [0.5, 0.6) is 0 Å². The zero-order valence-electron chi connectivity index (χ0n) is 11.5. The van der Waals surface area contributed by atoms with Crippen molar-refractivity contribution in [1.29, 1.82) is 0 Å². The highest BCUT2D eigenvalue weighted by molar-refractivity contribution is 9.10. The van der Waals surface area contributed by atoms with E-state index in [1.165, 1.54) is 11.3 Å². The molecule has 102 valence electrons. The Hall–Kier alpha value is -1.13. The molecule has 0 aliphatic heterocycles. The summed E-state index contributed by atoms with van der Waals surface area (Å²) in [5.41, 5.74) is 3.66. The van der Waals surface area contributed by atoms with E-state index in [0.717, 1.165) is 36.1 Å². The Kier molecular flexibility index (Phi) is 5.16. The standard InChI is InChI=1S/C15H20BrN3/c1-12-15(16)14(19(2)18-12)11-17-10-6-9-13-7-4-3-5-8-13/h3-5,7-8,17H,6,9-11H2,1-2H3. The Bertz CT molecular complexity index is 520. The van der Waals surface area contributed by atoms with E-state index in [1.54, 1.807) is 0 Å². The van der Waals surface area contributed by atoms with Crippen LogP contribution in [0.2, 0.25) is 0 Å². The second-order valence-corrected chi connectivity index (χ2v) is 5.53. The SMILES string of the molecule is Cc1nn(C)c(CNCCCc2ccccc2)c1Br. The summed E-state index contributed by atoms with van der Waals surface area (Å²) in [6.07, 6.45) is 2.28. The van der Waals surface area contributed by atoms with Crippen LogP contribution >= 0.6 is 15.9 Å². The molecule has 0 radical (unpaired) electrons. The van der Waals surface area contributed by atoms with Crippen LogP contribution in [0.3, 0.4) is 0 Å². The van der Waals surface area contributed by atoms with Crippen LogP contribution in [0.25, 0.3) is 0 Å². The fraction of sp³-hybridized carbons (Fsp3) is 0.400. The van der Waals surface area contributed by atoms with Crippen molar-refractivity contribution in [3.63, 3.8) is 0 Å². The summed E-state index contributed by atoms with van der Waals surface area (Å²) in [5, 5.41) is 7.86. The summed E-state index contributed by atoms with van der Waals surface area (Å²) < 4.78 is 3.05. The van der Waals surface area contributed by atoms with E-state index in [4.69, 9.17) is 0 Å². The maximum Gasteiger partial charge on any atom is 0.0739 e. The summed E-state index contributed by atoms with van der Waals surface area (Å²) in [4.78, 5) is 0. The molecule has 1 heterocycles. The lowest BCUT2D eigenvalue weighted by Crippen LogP contribution is -2.17. The fourth-order valence-corrected chi connectivity index (χ4v) is 2.62. The van der Waals surface area contributed by atoms with Crippen LogP contribution in [-0.2, 0) is 20.0 Å². The number of nitrogens with zero attached hydrogens (tertiary/aromatic N) is 2. The molecule has 3 nitrogen and oxygen atoms in total. The number of aryl methyl sites for hydroxylation is 3. The second-order valence-electron chi connectivity index (χ2n) is 4.74. The van der Waals surface area contributed by atoms with Gasteiger partial charge in [-0.3, -0.25) is 4.68 Å². The molecule has 0 saturated carbocycles. The number of rotatable bonds is 6. The van der Waals surface area contributed by atoms with Crippen LogP contribution in [0.1, 0.15) is 23.4 Å². The molecule has 2 aromatic rings. The lowest BCUT2D eigenvalue weighted by atomic mass is 10.1. The quantitative estimate of drug-likeness (QED) is 0.828. The molecule has 19 heavy (non-hydrogen) atoms. The van der Waals surface area contributed by atoms with Crippen LogP contribution < -0.4 is 5.32 Å². The van der Waals surface area contributed by atoms with E-state index in [2.05, 4.69) is 56.7 Å². The molecule has 0 atom stereocenters. The first-order valence-electron chi connectivity index (χ1n) is 6.61. The largest absolute Gasteiger partial charge is 0.311 e. The van der Waals surface area contributed by atoms with E-state index in [0.29, 0.717) is 0 Å². The molecule has 1 N–H and O–H groups in total. The maximum absolute atomic E-state index is 4.39. The van der Waals surface area contributed by atoms with Gasteiger partial charge in [-0.15, -0.1) is 0 Å². The van der Waals surface area contributed by atoms with Gasteiger partial charge in [-0.25, -0.2) is 0 Å². The smallest absolute Gasteiger partial charge is 0.0739 e. The van der Waals surface area contributed by atoms with Gasteiger partial charge in [0.1, 0.15) is 0 Å². The van der Waals surface area contributed by atoms with Crippen molar-refractivity contribution < 1.29 is 0 Å². The molecule has 0 spiro atoms. The zero-order valence-corrected chi connectivity index (χ0v) is 13.1. The number of hydrogen-bond acceptors (Lipinski definition) is 2. The number of aromatic nitrogens is 2. The predicted molar refractivity (Wildman–Crippen MR) is 82.1 cm³/mol. The van der Waals surface area contributed by atoms with E-state index >= 15 is 0 Å². The molecule has 0 amide bonds. The average Bonchev–Trinajstić information content (AvgIpc) is 2.65. The molecule has 0 bridgehead atoms. The number of hydrogen-bond donors (Lipinski definition) is 1. The highest BCUT2D eigenvalue weighted by Crippen LogP contribution is 2.19. The monoisotopic (exact) mass is 321 g/mol. The summed E-state index contributed by atoms with van der Waals surface area (Å²) >= 11 is 3.58. The van der Waals surface area contributed by atoms with Gasteiger partial charge in [0, 0.05) is 13.6 Å². The van der Waals surface area contributed by atoms with Crippen molar-refractivity contribution in [2.45, 2.75) is 26.3 Å². The Morgan fingerprint density at radius 1 is 1.26 bits per heavy atom. The van der Waals surface area contributed by atoms with Gasteiger partial charge in [-0.05, 0) is 47.8 Å². The first-order valence-corrected chi connectivity index (χ1v) is 7.40. The number of benzene rings is 1. The van der Waals surface area contributed by atoms with Gasteiger partial charge in [-0.2, -0.15) is 5.10 Å². The Balaban J connectivity index is 1.72. The number of nitrogens with one attached hydrogen (secondary N) is 1. The van der Waals surface area contributed by atoms with E-state index in [1.807, 2.05) is 18.7 Å². The lowest BCUT2D eigenvalue weighted by molar-refractivity contribution is 0.605. The van der Waals surface area contributed by atoms with Gasteiger partial charge in [0.2, 0.25) is 0 Å². The van der Waals surface area contributed by atoms with Crippen molar-refractivity contribution in [3.8, 4) is 0 Å². The average molecular weight is 322 g/mol. The van der Waals surface area contributed by atoms with Crippen molar-refractivity contribution in [1.82, 2.24) is 15.1 Å². The molecule has 0 saturated heterocycles. The Morgan fingerprint density at radius 2 is 2.00 bits per heavy atom. The van der Waals surface area contributed by atoms with Crippen molar-refractivity contribution in [3.05, 3.63) is 51.8 Å². The predicted octanol–water partition coefficient (Wildman–Crippen LogP) is 3.21. The first kappa shape index (κ1) is 14.3. The summed E-state index contributed by atoms with van der Waals surface area (Å²) in [6.45, 7) is 3.89. The second kappa shape index (κ2) is 6.87. The third-order valence-electron chi connectivity index (χ3n) is 3.22. The van der Waals surface area contributed by atoms with Gasteiger partial charge in [0.05, 0.1) is 15.9 Å². The molecule has 4 heteroatoms. The summed E-state index contributed by atoms with van der Waals surface area (Å²) in [5.74, 6) is 0. The molecule has 0 fully saturated rings. The minimum atomic E-state index is 0.854. The van der Waals surface area contributed by atoms with Gasteiger partial charge in [-0.1, -0.05) is 30.3 Å². The van der Waals surface area contributed by atoms with Crippen LogP contribution in [-0.4, -0.2) is 16.3 Å². The molecular weight excluding hydrogens is 302 g/mol. The van der Waals surface area contributed by atoms with Gasteiger partial charge >= 0.3 is 0 Å². The van der Waals surface area contributed by atoms with Crippen molar-refractivity contribution in [2.24, 2.45) is 7.05 Å². The first-order chi connectivity index (χ1) is 9.18. The van der Waals surface area contributed by atoms with Crippen LogP contribution in [0, 0.1) is 6.92 Å². The highest BCUT2D eigenvalue weighted by atomic mass is 79.9. The lowest BCUT2D eigenvalue weighted by Gasteiger charge is -2.06. The van der Waals surface area contributed by atoms with E-state index in [-0.39, 0.29) is 0 Å². The third kappa shape index (κ3) is 3.91. The maximum atomic E-state index is 4.39. The fourth-order valence-electron chi connectivity index (χ4n) is 2.14. The third-order valence-corrected chi connectivity index (χ3v) is 4.25. The molecule has 0 aliphatic rings. The highest BCUT2D eigenvalue weighted by Gasteiger charge is 2.09. The van der Waals surface area contributed by atoms with Crippen LogP contribution in [0.4, 0.5) is 0 Å². The van der Waals surface area contributed by atoms with E-state index in [9.17, 15) is 0 Å². The minimum Gasteiger partial charge on any atom is -0.311 e. The molecule has 0 unspecified atom stereocenters. The Labute approximate surface area is 123 Å². The molecule has 0 aliphatic carbocycles. The Morgan fingerprint density at radius 3 is 2.63 bits per heavy atom. The zero-order chi connectivity index (χ0) is 13.7. The molecule has 1 aromatic carbocycles. The molecular formula is C15H20BrN3. The summed E-state index contributed by atoms with van der Waals surface area (Å²) in [6, 6.07) is 10.6. The van der Waals surface area contributed by atoms with E-state index < -0.39 is 0 Å². The number of halogens is 1. The van der Waals surface area contributed by atoms with Gasteiger partial charge in [0.25, 0.3) is 0 Å². The van der Waals surface area contributed by atoms with Crippen LogP contribution in [0.15, 0.2) is 34.8 Å². The van der Waals surface area contributed by atoms with Crippen molar-refractivity contribution >= 4 is 15.9 Å². The van der Waals surface area contributed by atoms with Gasteiger partial charge in [0.15, 0.2) is 0 Å². The summed E-state index contributed by atoms with van der Waals surface area (Å²) in [7, 11) is 1.98.